The number of esters is 1. The molecule has 11 heteroatoms. The van der Waals surface area contributed by atoms with Gasteiger partial charge in [0, 0.05) is 18.4 Å². The molecule has 0 spiro atoms. The van der Waals surface area contributed by atoms with Crippen molar-refractivity contribution in [2.24, 2.45) is 0 Å². The SMILES string of the molecule is O=C(CCc1nc(-c2ccco2)no1)OCCc1cn[nH]c1C(F)(F)F. The fraction of sp³-hybridized carbons (Fsp3) is 0.333. The minimum Gasteiger partial charge on any atom is -0.465 e. The van der Waals surface area contributed by atoms with Crippen LogP contribution in [0.15, 0.2) is 33.5 Å². The van der Waals surface area contributed by atoms with Gasteiger partial charge >= 0.3 is 12.1 Å². The smallest absolute Gasteiger partial charge is 0.433 e. The minimum atomic E-state index is -4.53. The second kappa shape index (κ2) is 7.42. The number of aryl methyl sites for hydroxylation is 1. The first kappa shape index (κ1) is 17.7. The average molecular weight is 370 g/mol. The number of halogens is 3. The zero-order chi connectivity index (χ0) is 18.6. The lowest BCUT2D eigenvalue weighted by molar-refractivity contribution is -0.143. The summed E-state index contributed by atoms with van der Waals surface area (Å²) in [5.74, 6) is 0.337. The van der Waals surface area contributed by atoms with Gasteiger partial charge < -0.3 is 13.7 Å². The fourth-order valence-corrected chi connectivity index (χ4v) is 2.16. The molecular formula is C15H13F3N4O4. The maximum absolute atomic E-state index is 12.7. The second-order valence-corrected chi connectivity index (χ2v) is 5.23. The number of carbonyl (C=O) groups excluding carboxylic acids is 1. The summed E-state index contributed by atoms with van der Waals surface area (Å²) in [5.41, 5.74) is -1.00. The standard InChI is InChI=1S/C15H13F3N4O4/c16-15(17,18)13-9(8-19-21-13)5-7-25-12(23)4-3-11-20-14(22-26-11)10-2-1-6-24-10/h1-2,6,8H,3-5,7H2,(H,19,21). The summed E-state index contributed by atoms with van der Waals surface area (Å²) in [5, 5.41) is 8.97. The van der Waals surface area contributed by atoms with Crippen LogP contribution >= 0.6 is 0 Å². The number of nitrogens with one attached hydrogen (secondary N) is 1. The molecule has 0 amide bonds. The number of H-pyrrole nitrogens is 1. The number of aromatic amines is 1. The van der Waals surface area contributed by atoms with Crippen molar-refractivity contribution in [3.8, 4) is 11.6 Å². The number of rotatable bonds is 7. The molecular weight excluding hydrogens is 357 g/mol. The quantitative estimate of drug-likeness (QED) is 0.637. The Morgan fingerprint density at radius 1 is 1.31 bits per heavy atom. The number of furan rings is 1. The van der Waals surface area contributed by atoms with Gasteiger partial charge in [0.05, 0.1) is 25.5 Å². The van der Waals surface area contributed by atoms with Gasteiger partial charge in [0.1, 0.15) is 5.69 Å². The second-order valence-electron chi connectivity index (χ2n) is 5.23. The summed E-state index contributed by atoms with van der Waals surface area (Å²) >= 11 is 0. The van der Waals surface area contributed by atoms with Crippen LogP contribution in [0.4, 0.5) is 13.2 Å². The van der Waals surface area contributed by atoms with E-state index in [4.69, 9.17) is 13.7 Å². The van der Waals surface area contributed by atoms with Gasteiger partial charge in [0.15, 0.2) is 5.76 Å². The van der Waals surface area contributed by atoms with Crippen LogP contribution in [-0.2, 0) is 28.5 Å². The lowest BCUT2D eigenvalue weighted by Crippen LogP contribution is -2.12. The van der Waals surface area contributed by atoms with Gasteiger partial charge in [0.25, 0.3) is 0 Å². The molecule has 0 radical (unpaired) electrons. The third-order valence-electron chi connectivity index (χ3n) is 3.39. The monoisotopic (exact) mass is 370 g/mol. The van der Waals surface area contributed by atoms with E-state index in [1.807, 2.05) is 5.10 Å². The molecule has 3 rings (SSSR count). The van der Waals surface area contributed by atoms with Crippen molar-refractivity contribution >= 4 is 5.97 Å². The Kier molecular flexibility index (Phi) is 5.05. The highest BCUT2D eigenvalue weighted by molar-refractivity contribution is 5.69. The van der Waals surface area contributed by atoms with Crippen molar-refractivity contribution in [1.29, 1.82) is 0 Å². The van der Waals surface area contributed by atoms with Gasteiger partial charge in [-0.25, -0.2) is 0 Å². The number of carbonyl (C=O) groups is 1. The lowest BCUT2D eigenvalue weighted by atomic mass is 10.2. The predicted molar refractivity (Wildman–Crippen MR) is 78.6 cm³/mol. The molecule has 3 heterocycles. The van der Waals surface area contributed by atoms with Crippen molar-refractivity contribution in [2.45, 2.75) is 25.4 Å². The molecule has 0 saturated heterocycles. The van der Waals surface area contributed by atoms with Crippen LogP contribution in [0.1, 0.15) is 23.6 Å². The fourth-order valence-electron chi connectivity index (χ4n) is 2.16. The predicted octanol–water partition coefficient (Wildman–Crippen LogP) is 2.79. The van der Waals surface area contributed by atoms with Crippen LogP contribution in [0.3, 0.4) is 0 Å². The summed E-state index contributed by atoms with van der Waals surface area (Å²) in [4.78, 5) is 15.8. The van der Waals surface area contributed by atoms with E-state index >= 15 is 0 Å². The number of aromatic nitrogens is 4. The molecule has 0 aliphatic heterocycles. The third kappa shape index (κ3) is 4.29. The van der Waals surface area contributed by atoms with E-state index in [1.54, 1.807) is 12.1 Å². The first-order valence-electron chi connectivity index (χ1n) is 7.55. The Hall–Kier alpha value is -3.11. The van der Waals surface area contributed by atoms with Gasteiger partial charge in [-0.05, 0) is 12.1 Å². The van der Waals surface area contributed by atoms with E-state index < -0.39 is 17.8 Å². The molecule has 0 unspecified atom stereocenters. The molecule has 3 aromatic heterocycles. The molecule has 1 N–H and O–H groups in total. The summed E-state index contributed by atoms with van der Waals surface area (Å²) in [6.07, 6.45) is -2.00. The zero-order valence-corrected chi connectivity index (χ0v) is 13.2. The highest BCUT2D eigenvalue weighted by Crippen LogP contribution is 2.30. The Morgan fingerprint density at radius 3 is 2.88 bits per heavy atom. The van der Waals surface area contributed by atoms with Gasteiger partial charge in [-0.1, -0.05) is 5.16 Å². The molecule has 0 fully saturated rings. The van der Waals surface area contributed by atoms with Gasteiger partial charge in [-0.15, -0.1) is 0 Å². The summed E-state index contributed by atoms with van der Waals surface area (Å²) < 4.78 is 53.0. The van der Waals surface area contributed by atoms with E-state index in [0.717, 1.165) is 6.20 Å². The first-order chi connectivity index (χ1) is 12.4. The maximum Gasteiger partial charge on any atom is 0.433 e. The topological polar surface area (TPSA) is 107 Å². The van der Waals surface area contributed by atoms with Crippen LogP contribution in [0, 0.1) is 0 Å². The van der Waals surface area contributed by atoms with E-state index in [-0.39, 0.29) is 43.1 Å². The first-order valence-corrected chi connectivity index (χ1v) is 7.55. The van der Waals surface area contributed by atoms with Crippen molar-refractivity contribution in [3.05, 3.63) is 41.7 Å². The van der Waals surface area contributed by atoms with Crippen molar-refractivity contribution in [1.82, 2.24) is 20.3 Å². The molecule has 0 aliphatic carbocycles. The molecule has 0 bridgehead atoms. The molecule has 0 aliphatic rings. The number of alkyl halides is 3. The van der Waals surface area contributed by atoms with E-state index in [0.29, 0.717) is 5.76 Å². The minimum absolute atomic E-state index is 0.0443. The number of ether oxygens (including phenoxy) is 1. The number of nitrogens with zero attached hydrogens (tertiary/aromatic N) is 3. The highest BCUT2D eigenvalue weighted by atomic mass is 19.4. The van der Waals surface area contributed by atoms with Crippen LogP contribution in [-0.4, -0.2) is 32.9 Å². The van der Waals surface area contributed by atoms with Crippen LogP contribution in [0.2, 0.25) is 0 Å². The Bertz CT molecular complexity index is 855. The molecule has 8 nitrogen and oxygen atoms in total. The summed E-state index contributed by atoms with van der Waals surface area (Å²) in [7, 11) is 0. The number of hydrogen-bond acceptors (Lipinski definition) is 7. The van der Waals surface area contributed by atoms with E-state index in [1.165, 1.54) is 6.26 Å². The zero-order valence-electron chi connectivity index (χ0n) is 13.2. The number of hydrogen-bond donors (Lipinski definition) is 1. The van der Waals surface area contributed by atoms with E-state index in [9.17, 15) is 18.0 Å². The van der Waals surface area contributed by atoms with Gasteiger partial charge in [0.2, 0.25) is 11.7 Å². The van der Waals surface area contributed by atoms with Crippen molar-refractivity contribution in [2.75, 3.05) is 6.61 Å². The average Bonchev–Trinajstić information content (AvgIpc) is 3.32. The van der Waals surface area contributed by atoms with Gasteiger partial charge in [-0.2, -0.15) is 23.3 Å². The van der Waals surface area contributed by atoms with Gasteiger partial charge in [-0.3, -0.25) is 9.89 Å². The molecule has 3 aromatic rings. The molecule has 0 atom stereocenters. The van der Waals surface area contributed by atoms with Crippen molar-refractivity contribution in [3.63, 3.8) is 0 Å². The molecule has 26 heavy (non-hydrogen) atoms. The Balaban J connectivity index is 1.43. The molecule has 0 saturated carbocycles. The summed E-state index contributed by atoms with van der Waals surface area (Å²) in [6, 6.07) is 3.33. The van der Waals surface area contributed by atoms with Crippen LogP contribution in [0.25, 0.3) is 11.6 Å². The van der Waals surface area contributed by atoms with Crippen LogP contribution in [0.5, 0.6) is 0 Å². The lowest BCUT2D eigenvalue weighted by Gasteiger charge is -2.07. The molecule has 0 aromatic carbocycles. The maximum atomic E-state index is 12.7. The summed E-state index contributed by atoms with van der Waals surface area (Å²) in [6.45, 7) is -0.192. The van der Waals surface area contributed by atoms with E-state index in [2.05, 4.69) is 15.2 Å². The Morgan fingerprint density at radius 2 is 2.15 bits per heavy atom. The highest BCUT2D eigenvalue weighted by Gasteiger charge is 2.35. The molecule has 138 valence electrons. The van der Waals surface area contributed by atoms with Crippen molar-refractivity contribution < 1.29 is 31.6 Å². The normalized spacial score (nSPS) is 11.7. The Labute approximate surface area is 144 Å². The largest absolute Gasteiger partial charge is 0.465 e. The third-order valence-corrected chi connectivity index (χ3v) is 3.39. The van der Waals surface area contributed by atoms with Crippen LogP contribution < -0.4 is 0 Å².